The van der Waals surface area contributed by atoms with Gasteiger partial charge in [-0.05, 0) is 43.3 Å². The maximum absolute atomic E-state index is 12.1. The molecule has 1 heterocycles. The van der Waals surface area contributed by atoms with Gasteiger partial charge >= 0.3 is 5.97 Å². The molecule has 2 amide bonds. The summed E-state index contributed by atoms with van der Waals surface area (Å²) in [6.07, 6.45) is 0.351. The molecule has 0 saturated carbocycles. The number of hydrogen-bond donors (Lipinski definition) is 2. The molecule has 0 unspecified atom stereocenters. The summed E-state index contributed by atoms with van der Waals surface area (Å²) in [6, 6.07) is 9.41. The van der Waals surface area contributed by atoms with Gasteiger partial charge in [0.15, 0.2) is 6.10 Å². The van der Waals surface area contributed by atoms with Crippen molar-refractivity contribution in [2.24, 2.45) is 0 Å². The number of ether oxygens (including phenoxy) is 1. The topological polar surface area (TPSA) is 97.4 Å². The summed E-state index contributed by atoms with van der Waals surface area (Å²) in [5, 5.41) is 5.58. The van der Waals surface area contributed by atoms with Crippen molar-refractivity contribution in [3.8, 4) is 0 Å². The van der Waals surface area contributed by atoms with Crippen LogP contribution in [0.4, 0.5) is 11.4 Å². The van der Waals surface area contributed by atoms with E-state index in [1.165, 1.54) is 32.2 Å². The van der Waals surface area contributed by atoms with Crippen molar-refractivity contribution < 1.29 is 19.1 Å². The molecular weight excluding hydrogens is 346 g/mol. The van der Waals surface area contributed by atoms with Gasteiger partial charge in [-0.1, -0.05) is 11.6 Å². The molecular formula is C17H16ClN3O4. The Labute approximate surface area is 149 Å². The molecule has 25 heavy (non-hydrogen) atoms. The van der Waals surface area contributed by atoms with Gasteiger partial charge in [0.25, 0.3) is 5.91 Å². The predicted molar refractivity (Wildman–Crippen MR) is 93.5 cm³/mol. The fraction of sp³-hybridized carbons (Fsp3) is 0.176. The van der Waals surface area contributed by atoms with E-state index in [-0.39, 0.29) is 11.6 Å². The molecule has 0 fully saturated rings. The fourth-order valence-corrected chi connectivity index (χ4v) is 2.03. The lowest BCUT2D eigenvalue weighted by Gasteiger charge is -2.13. The summed E-state index contributed by atoms with van der Waals surface area (Å²) < 4.78 is 5.07. The quantitative estimate of drug-likeness (QED) is 0.798. The summed E-state index contributed by atoms with van der Waals surface area (Å²) in [7, 11) is 0. The molecule has 130 valence electrons. The molecule has 0 radical (unpaired) electrons. The minimum Gasteiger partial charge on any atom is -0.448 e. The monoisotopic (exact) mass is 361 g/mol. The first-order valence-corrected chi connectivity index (χ1v) is 7.74. The summed E-state index contributed by atoms with van der Waals surface area (Å²) in [6.45, 7) is 2.85. The van der Waals surface area contributed by atoms with E-state index >= 15 is 0 Å². The van der Waals surface area contributed by atoms with Crippen LogP contribution in [0.25, 0.3) is 0 Å². The maximum Gasteiger partial charge on any atom is 0.357 e. The van der Waals surface area contributed by atoms with Gasteiger partial charge in [0.05, 0.1) is 0 Å². The molecule has 7 nitrogen and oxygen atoms in total. The average Bonchev–Trinajstić information content (AvgIpc) is 2.56. The van der Waals surface area contributed by atoms with Gasteiger partial charge in [-0.2, -0.15) is 0 Å². The molecule has 8 heteroatoms. The van der Waals surface area contributed by atoms with Crippen LogP contribution in [0.15, 0.2) is 42.6 Å². The SMILES string of the molecule is CC(=O)Nc1ccc(NC(=O)[C@H](C)OC(=O)c2cc(Cl)ccn2)cc1. The van der Waals surface area contributed by atoms with Crippen LogP contribution in [0.1, 0.15) is 24.3 Å². The number of rotatable bonds is 5. The van der Waals surface area contributed by atoms with Gasteiger partial charge in [0, 0.05) is 29.5 Å². The number of nitrogens with zero attached hydrogens (tertiary/aromatic N) is 1. The second kappa shape index (κ2) is 8.25. The Morgan fingerprint density at radius 3 is 2.24 bits per heavy atom. The Kier molecular flexibility index (Phi) is 6.08. The smallest absolute Gasteiger partial charge is 0.357 e. The number of benzene rings is 1. The molecule has 0 aliphatic rings. The van der Waals surface area contributed by atoms with Crippen molar-refractivity contribution in [3.05, 3.63) is 53.3 Å². The minimum atomic E-state index is -1.02. The number of esters is 1. The molecule has 2 N–H and O–H groups in total. The normalized spacial score (nSPS) is 11.3. The summed E-state index contributed by atoms with van der Waals surface area (Å²) in [5.41, 5.74) is 1.13. The van der Waals surface area contributed by atoms with E-state index in [4.69, 9.17) is 16.3 Å². The summed E-state index contributed by atoms with van der Waals surface area (Å²) in [5.74, 6) is -1.43. The zero-order valence-corrected chi connectivity index (χ0v) is 14.3. The highest BCUT2D eigenvalue weighted by Crippen LogP contribution is 2.15. The molecule has 0 saturated heterocycles. The largest absolute Gasteiger partial charge is 0.448 e. The van der Waals surface area contributed by atoms with Crippen molar-refractivity contribution in [1.82, 2.24) is 4.98 Å². The van der Waals surface area contributed by atoms with E-state index in [1.807, 2.05) is 0 Å². The first-order valence-electron chi connectivity index (χ1n) is 7.36. The van der Waals surface area contributed by atoms with Crippen molar-refractivity contribution in [2.45, 2.75) is 20.0 Å². The molecule has 1 aromatic carbocycles. The van der Waals surface area contributed by atoms with Gasteiger partial charge in [-0.3, -0.25) is 9.59 Å². The van der Waals surface area contributed by atoms with Crippen molar-refractivity contribution in [2.75, 3.05) is 10.6 Å². The summed E-state index contributed by atoms with van der Waals surface area (Å²) in [4.78, 5) is 38.9. The van der Waals surface area contributed by atoms with E-state index in [0.717, 1.165) is 0 Å². The Bertz CT molecular complexity index is 793. The highest BCUT2D eigenvalue weighted by atomic mass is 35.5. The number of aromatic nitrogens is 1. The Morgan fingerprint density at radius 2 is 1.68 bits per heavy atom. The average molecular weight is 362 g/mol. The number of hydrogen-bond acceptors (Lipinski definition) is 5. The molecule has 1 atom stereocenters. The number of halogens is 1. The molecule has 0 bridgehead atoms. The van der Waals surface area contributed by atoms with Crippen LogP contribution < -0.4 is 10.6 Å². The van der Waals surface area contributed by atoms with Gasteiger partial charge < -0.3 is 15.4 Å². The first-order chi connectivity index (χ1) is 11.8. The standard InChI is InChI=1S/C17H16ClN3O4/c1-10(25-17(24)15-9-12(18)7-8-19-15)16(23)21-14-5-3-13(4-6-14)20-11(2)22/h3-10H,1-2H3,(H,20,22)(H,21,23)/t10-/m0/s1. The molecule has 0 spiro atoms. The van der Waals surface area contributed by atoms with Crippen LogP contribution in [-0.4, -0.2) is 28.9 Å². The third kappa shape index (κ3) is 5.58. The lowest BCUT2D eigenvalue weighted by Crippen LogP contribution is -2.30. The van der Waals surface area contributed by atoms with Crippen LogP contribution >= 0.6 is 11.6 Å². The second-order valence-corrected chi connectivity index (χ2v) is 5.59. The van der Waals surface area contributed by atoms with Crippen LogP contribution in [0.2, 0.25) is 5.02 Å². The number of amides is 2. The number of carbonyl (C=O) groups excluding carboxylic acids is 3. The van der Waals surface area contributed by atoms with E-state index in [0.29, 0.717) is 16.4 Å². The maximum atomic E-state index is 12.1. The van der Waals surface area contributed by atoms with Gasteiger partial charge in [-0.25, -0.2) is 9.78 Å². The van der Waals surface area contributed by atoms with Gasteiger partial charge in [-0.15, -0.1) is 0 Å². The third-order valence-corrected chi connectivity index (χ3v) is 3.29. The fourth-order valence-electron chi connectivity index (χ4n) is 1.87. The molecule has 0 aliphatic carbocycles. The van der Waals surface area contributed by atoms with E-state index in [2.05, 4.69) is 15.6 Å². The highest BCUT2D eigenvalue weighted by Gasteiger charge is 2.20. The number of nitrogens with one attached hydrogen (secondary N) is 2. The second-order valence-electron chi connectivity index (χ2n) is 5.15. The van der Waals surface area contributed by atoms with Crippen molar-refractivity contribution >= 4 is 40.8 Å². The molecule has 2 aromatic rings. The Morgan fingerprint density at radius 1 is 1.08 bits per heavy atom. The van der Waals surface area contributed by atoms with Crippen molar-refractivity contribution in [3.63, 3.8) is 0 Å². The van der Waals surface area contributed by atoms with Crippen LogP contribution in [0.5, 0.6) is 0 Å². The van der Waals surface area contributed by atoms with Crippen LogP contribution in [0.3, 0.4) is 0 Å². The van der Waals surface area contributed by atoms with Crippen LogP contribution in [0, 0.1) is 0 Å². The molecule has 0 aliphatic heterocycles. The molecule has 2 rings (SSSR count). The van der Waals surface area contributed by atoms with Crippen molar-refractivity contribution in [1.29, 1.82) is 0 Å². The zero-order chi connectivity index (χ0) is 18.4. The predicted octanol–water partition coefficient (Wildman–Crippen LogP) is 2.88. The number of pyridine rings is 1. The zero-order valence-electron chi connectivity index (χ0n) is 13.6. The van der Waals surface area contributed by atoms with E-state index in [1.54, 1.807) is 24.3 Å². The van der Waals surface area contributed by atoms with Gasteiger partial charge in [0.2, 0.25) is 5.91 Å². The minimum absolute atomic E-state index is 0.0202. The Balaban J connectivity index is 1.93. The summed E-state index contributed by atoms with van der Waals surface area (Å²) >= 11 is 5.79. The van der Waals surface area contributed by atoms with E-state index in [9.17, 15) is 14.4 Å². The number of anilines is 2. The Hall–Kier alpha value is -2.93. The first kappa shape index (κ1) is 18.4. The highest BCUT2D eigenvalue weighted by molar-refractivity contribution is 6.30. The third-order valence-electron chi connectivity index (χ3n) is 3.06. The number of carbonyl (C=O) groups is 3. The lowest BCUT2D eigenvalue weighted by molar-refractivity contribution is -0.123. The molecule has 1 aromatic heterocycles. The van der Waals surface area contributed by atoms with E-state index < -0.39 is 18.0 Å². The van der Waals surface area contributed by atoms with Gasteiger partial charge in [0.1, 0.15) is 5.69 Å². The lowest BCUT2D eigenvalue weighted by atomic mass is 10.2. The van der Waals surface area contributed by atoms with Crippen LogP contribution in [-0.2, 0) is 14.3 Å².